The van der Waals surface area contributed by atoms with Crippen LogP contribution in [0.1, 0.15) is 15.3 Å². The molecule has 0 spiro atoms. The Bertz CT molecular complexity index is 557. The van der Waals surface area contributed by atoms with Crippen LogP contribution in [0, 0.1) is 13.8 Å². The third kappa shape index (κ3) is 2.91. The molecule has 0 bridgehead atoms. The van der Waals surface area contributed by atoms with Crippen molar-refractivity contribution in [1.82, 2.24) is 0 Å². The van der Waals surface area contributed by atoms with Gasteiger partial charge in [0.2, 0.25) is 0 Å². The number of hydrogen-bond acceptors (Lipinski definition) is 3. The van der Waals surface area contributed by atoms with Crippen LogP contribution in [-0.4, -0.2) is 5.11 Å². The second-order valence-corrected chi connectivity index (χ2v) is 6.36. The van der Waals surface area contributed by atoms with Gasteiger partial charge in [-0.25, -0.2) is 0 Å². The first kappa shape index (κ1) is 13.5. The van der Waals surface area contributed by atoms with Gasteiger partial charge in [-0.15, -0.1) is 11.3 Å². The van der Waals surface area contributed by atoms with Crippen molar-refractivity contribution in [2.45, 2.75) is 20.4 Å². The molecule has 0 aliphatic rings. The molecule has 2 aromatic rings. The van der Waals surface area contributed by atoms with Crippen LogP contribution in [0.3, 0.4) is 0 Å². The molecule has 2 nitrogen and oxygen atoms in total. The van der Waals surface area contributed by atoms with Crippen LogP contribution >= 0.6 is 34.5 Å². The fourth-order valence-corrected chi connectivity index (χ4v) is 3.16. The number of phenols is 1. The van der Waals surface area contributed by atoms with Gasteiger partial charge in [-0.3, -0.25) is 0 Å². The van der Waals surface area contributed by atoms with Crippen molar-refractivity contribution in [3.8, 4) is 5.75 Å². The molecule has 0 aliphatic heterocycles. The maximum atomic E-state index is 9.47. The molecule has 1 heterocycles. The fourth-order valence-electron chi connectivity index (χ4n) is 1.72. The van der Waals surface area contributed by atoms with Gasteiger partial charge in [0.15, 0.2) is 5.75 Å². The van der Waals surface area contributed by atoms with Crippen molar-refractivity contribution in [3.05, 3.63) is 43.6 Å². The van der Waals surface area contributed by atoms with Crippen LogP contribution in [0.4, 0.5) is 5.69 Å². The van der Waals surface area contributed by atoms with E-state index in [1.54, 1.807) is 23.5 Å². The Morgan fingerprint density at radius 2 is 1.78 bits per heavy atom. The zero-order chi connectivity index (χ0) is 13.3. The van der Waals surface area contributed by atoms with E-state index in [2.05, 4.69) is 25.2 Å². The molecule has 0 amide bonds. The van der Waals surface area contributed by atoms with E-state index in [1.165, 1.54) is 15.3 Å². The van der Waals surface area contributed by atoms with E-state index in [4.69, 9.17) is 23.2 Å². The highest BCUT2D eigenvalue weighted by Crippen LogP contribution is 2.34. The summed E-state index contributed by atoms with van der Waals surface area (Å²) in [4.78, 5) is 2.60. The highest BCUT2D eigenvalue weighted by Gasteiger charge is 2.07. The molecular formula is C13H13Cl2NOS. The molecule has 0 saturated carbocycles. The number of benzene rings is 1. The summed E-state index contributed by atoms with van der Waals surface area (Å²) in [5, 5.41) is 13.2. The Kier molecular flexibility index (Phi) is 4.05. The lowest BCUT2D eigenvalue weighted by Gasteiger charge is -2.08. The van der Waals surface area contributed by atoms with Crippen molar-refractivity contribution in [2.75, 3.05) is 5.32 Å². The quantitative estimate of drug-likeness (QED) is 0.783. The Morgan fingerprint density at radius 1 is 1.17 bits per heavy atom. The second kappa shape index (κ2) is 5.39. The van der Waals surface area contributed by atoms with E-state index in [-0.39, 0.29) is 15.8 Å². The Labute approximate surface area is 120 Å². The van der Waals surface area contributed by atoms with E-state index < -0.39 is 0 Å². The van der Waals surface area contributed by atoms with E-state index in [9.17, 15) is 5.11 Å². The van der Waals surface area contributed by atoms with Crippen LogP contribution in [0.5, 0.6) is 5.75 Å². The number of nitrogens with one attached hydrogen (secondary N) is 1. The molecule has 0 atom stereocenters. The predicted octanol–water partition coefficient (Wildman–Crippen LogP) is 4.99. The van der Waals surface area contributed by atoms with Gasteiger partial charge in [-0.2, -0.15) is 0 Å². The molecule has 1 aromatic heterocycles. The van der Waals surface area contributed by atoms with E-state index in [1.807, 2.05) is 0 Å². The number of halogens is 2. The van der Waals surface area contributed by atoms with Crippen molar-refractivity contribution >= 4 is 40.2 Å². The Balaban J connectivity index is 2.13. The molecule has 5 heteroatoms. The number of aromatic hydroxyl groups is 1. The van der Waals surface area contributed by atoms with Gasteiger partial charge < -0.3 is 10.4 Å². The van der Waals surface area contributed by atoms with Gasteiger partial charge in [-0.05, 0) is 37.6 Å². The van der Waals surface area contributed by atoms with E-state index >= 15 is 0 Å². The normalized spacial score (nSPS) is 10.7. The van der Waals surface area contributed by atoms with Crippen molar-refractivity contribution < 1.29 is 5.11 Å². The largest absolute Gasteiger partial charge is 0.505 e. The van der Waals surface area contributed by atoms with Crippen LogP contribution in [0.15, 0.2) is 18.2 Å². The molecule has 2 rings (SSSR count). The molecule has 1 aromatic carbocycles. The molecule has 18 heavy (non-hydrogen) atoms. The minimum absolute atomic E-state index is 0.0774. The van der Waals surface area contributed by atoms with Gasteiger partial charge in [0, 0.05) is 22.0 Å². The van der Waals surface area contributed by atoms with Crippen LogP contribution in [0.25, 0.3) is 0 Å². The highest BCUT2D eigenvalue weighted by atomic mass is 35.5. The first-order chi connectivity index (χ1) is 8.47. The molecule has 0 saturated heterocycles. The third-order valence-electron chi connectivity index (χ3n) is 2.64. The average molecular weight is 302 g/mol. The maximum absolute atomic E-state index is 9.47. The zero-order valence-electron chi connectivity index (χ0n) is 10.1. The lowest BCUT2D eigenvalue weighted by atomic mass is 10.2. The van der Waals surface area contributed by atoms with E-state index in [0.29, 0.717) is 6.54 Å². The first-order valence-corrected chi connectivity index (χ1v) is 7.02. The zero-order valence-corrected chi connectivity index (χ0v) is 12.4. The van der Waals surface area contributed by atoms with Crippen molar-refractivity contribution in [1.29, 1.82) is 0 Å². The molecule has 2 N–H and O–H groups in total. The lowest BCUT2D eigenvalue weighted by molar-refractivity contribution is 0.476. The van der Waals surface area contributed by atoms with Crippen LogP contribution in [0.2, 0.25) is 10.0 Å². The number of aryl methyl sites for hydroxylation is 2. The van der Waals surface area contributed by atoms with Crippen LogP contribution < -0.4 is 5.32 Å². The maximum Gasteiger partial charge on any atom is 0.152 e. The first-order valence-electron chi connectivity index (χ1n) is 5.45. The second-order valence-electron chi connectivity index (χ2n) is 4.08. The number of anilines is 1. The van der Waals surface area contributed by atoms with Crippen LogP contribution in [-0.2, 0) is 6.54 Å². The molecular weight excluding hydrogens is 289 g/mol. The highest BCUT2D eigenvalue weighted by molar-refractivity contribution is 7.12. The summed E-state index contributed by atoms with van der Waals surface area (Å²) >= 11 is 13.5. The summed E-state index contributed by atoms with van der Waals surface area (Å²) in [6, 6.07) is 5.49. The SMILES string of the molecule is Cc1cc(CNc2cc(Cl)c(O)c(Cl)c2)c(C)s1. The summed E-state index contributed by atoms with van der Waals surface area (Å²) in [5.41, 5.74) is 2.06. The van der Waals surface area contributed by atoms with Gasteiger partial charge in [0.1, 0.15) is 0 Å². The van der Waals surface area contributed by atoms with Gasteiger partial charge in [0.25, 0.3) is 0 Å². The minimum atomic E-state index is -0.0774. The number of thiophene rings is 1. The average Bonchev–Trinajstić information content (AvgIpc) is 2.62. The molecule has 0 aliphatic carbocycles. The molecule has 0 unspecified atom stereocenters. The molecule has 0 fully saturated rings. The summed E-state index contributed by atoms with van der Waals surface area (Å²) in [6.07, 6.45) is 0. The topological polar surface area (TPSA) is 32.3 Å². The smallest absolute Gasteiger partial charge is 0.152 e. The van der Waals surface area contributed by atoms with Crippen molar-refractivity contribution in [2.24, 2.45) is 0 Å². The number of hydrogen-bond donors (Lipinski definition) is 2. The molecule has 0 radical (unpaired) electrons. The summed E-state index contributed by atoms with van der Waals surface area (Å²) in [6.45, 7) is 4.91. The third-order valence-corrected chi connectivity index (χ3v) is 4.23. The van der Waals surface area contributed by atoms with Gasteiger partial charge >= 0.3 is 0 Å². The summed E-state index contributed by atoms with van der Waals surface area (Å²) in [5.74, 6) is -0.0774. The minimum Gasteiger partial charge on any atom is -0.505 e. The number of rotatable bonds is 3. The van der Waals surface area contributed by atoms with Gasteiger partial charge in [0.05, 0.1) is 10.0 Å². The monoisotopic (exact) mass is 301 g/mol. The fraction of sp³-hybridized carbons (Fsp3) is 0.231. The summed E-state index contributed by atoms with van der Waals surface area (Å²) in [7, 11) is 0. The Morgan fingerprint density at radius 3 is 2.28 bits per heavy atom. The molecule has 96 valence electrons. The predicted molar refractivity (Wildman–Crippen MR) is 79.2 cm³/mol. The Hall–Kier alpha value is -0.900. The summed E-state index contributed by atoms with van der Waals surface area (Å²) < 4.78 is 0. The standard InChI is InChI=1S/C13H13Cl2NOS/c1-7-3-9(8(2)18-7)6-16-10-4-11(14)13(17)12(15)5-10/h3-5,16-17H,6H2,1-2H3. The van der Waals surface area contributed by atoms with Gasteiger partial charge in [-0.1, -0.05) is 23.2 Å². The van der Waals surface area contributed by atoms with E-state index in [0.717, 1.165) is 5.69 Å². The van der Waals surface area contributed by atoms with Crippen molar-refractivity contribution in [3.63, 3.8) is 0 Å². The lowest BCUT2D eigenvalue weighted by Crippen LogP contribution is -1.99. The number of phenolic OH excluding ortho intramolecular Hbond substituents is 1.